The van der Waals surface area contributed by atoms with Crippen molar-refractivity contribution in [1.29, 1.82) is 0 Å². The third-order valence-electron chi connectivity index (χ3n) is 1.75. The van der Waals surface area contributed by atoms with Crippen LogP contribution in [0.25, 0.3) is 0 Å². The molecule has 0 radical (unpaired) electrons. The Hall–Kier alpha value is -0.250. The molecule has 0 rings (SSSR count). The van der Waals surface area contributed by atoms with E-state index in [0.717, 1.165) is 19.3 Å². The average molecular weight is 198 g/mol. The highest BCUT2D eigenvalue weighted by atomic mass is 19.4. The van der Waals surface area contributed by atoms with Crippen LogP contribution in [0.2, 0.25) is 0 Å². The highest BCUT2D eigenvalue weighted by Gasteiger charge is 2.26. The van der Waals surface area contributed by atoms with Gasteiger partial charge in [0.1, 0.15) is 0 Å². The summed E-state index contributed by atoms with van der Waals surface area (Å²) in [4.78, 5) is 0. The van der Waals surface area contributed by atoms with Crippen molar-refractivity contribution < 1.29 is 17.9 Å². The molecule has 1 atom stereocenters. The van der Waals surface area contributed by atoms with E-state index >= 15 is 0 Å². The van der Waals surface area contributed by atoms with Crippen LogP contribution in [0.4, 0.5) is 13.2 Å². The molecule has 80 valence electrons. The van der Waals surface area contributed by atoms with Crippen molar-refractivity contribution >= 4 is 0 Å². The zero-order chi connectivity index (χ0) is 10.3. The lowest BCUT2D eigenvalue weighted by Crippen LogP contribution is -2.15. The zero-order valence-corrected chi connectivity index (χ0v) is 8.16. The van der Waals surface area contributed by atoms with E-state index in [4.69, 9.17) is 4.74 Å². The molecule has 0 bridgehead atoms. The van der Waals surface area contributed by atoms with Gasteiger partial charge in [0, 0.05) is 0 Å². The van der Waals surface area contributed by atoms with Crippen LogP contribution in [-0.4, -0.2) is 18.9 Å². The van der Waals surface area contributed by atoms with Crippen molar-refractivity contribution in [3.63, 3.8) is 0 Å². The monoisotopic (exact) mass is 198 g/mol. The lowest BCUT2D eigenvalue weighted by Gasteiger charge is -2.13. The first-order chi connectivity index (χ1) is 5.95. The lowest BCUT2D eigenvalue weighted by atomic mass is 10.2. The number of unbranched alkanes of at least 4 members (excludes halogenated alkanes) is 1. The van der Waals surface area contributed by atoms with Gasteiger partial charge in [-0.1, -0.05) is 19.8 Å². The summed E-state index contributed by atoms with van der Waals surface area (Å²) in [6.45, 7) is 3.64. The highest BCUT2D eigenvalue weighted by molar-refractivity contribution is 4.53. The second-order valence-corrected chi connectivity index (χ2v) is 3.19. The maximum Gasteiger partial charge on any atom is 0.391 e. The van der Waals surface area contributed by atoms with E-state index < -0.39 is 12.6 Å². The molecule has 1 nitrogen and oxygen atoms in total. The van der Waals surface area contributed by atoms with Crippen LogP contribution < -0.4 is 0 Å². The molecule has 0 spiro atoms. The van der Waals surface area contributed by atoms with Gasteiger partial charge in [-0.05, 0) is 13.3 Å². The van der Waals surface area contributed by atoms with E-state index in [1.165, 1.54) is 0 Å². The summed E-state index contributed by atoms with van der Waals surface area (Å²) in [7, 11) is 0. The Bertz CT molecular complexity index is 123. The molecule has 0 aliphatic heterocycles. The maximum absolute atomic E-state index is 11.7. The van der Waals surface area contributed by atoms with E-state index in [2.05, 4.69) is 0 Å². The molecule has 0 aromatic carbocycles. The number of hydrogen-bond donors (Lipinski definition) is 0. The van der Waals surface area contributed by atoms with Crippen molar-refractivity contribution in [2.75, 3.05) is 6.61 Å². The van der Waals surface area contributed by atoms with Gasteiger partial charge >= 0.3 is 6.18 Å². The van der Waals surface area contributed by atoms with Gasteiger partial charge in [0.15, 0.2) is 0 Å². The normalized spacial score (nSPS) is 14.5. The van der Waals surface area contributed by atoms with Crippen molar-refractivity contribution in [2.45, 2.75) is 51.8 Å². The number of alkyl halides is 3. The lowest BCUT2D eigenvalue weighted by molar-refractivity contribution is -0.148. The molecule has 0 saturated carbocycles. The average Bonchev–Trinajstić information content (AvgIpc) is 1.98. The summed E-state index contributed by atoms with van der Waals surface area (Å²) < 4.78 is 40.0. The first kappa shape index (κ1) is 12.8. The zero-order valence-electron chi connectivity index (χ0n) is 8.16. The summed E-state index contributed by atoms with van der Waals surface area (Å²) in [6, 6.07) is 0. The van der Waals surface area contributed by atoms with Gasteiger partial charge in [-0.2, -0.15) is 13.2 Å². The largest absolute Gasteiger partial charge is 0.391 e. The number of ether oxygens (including phenoxy) is 1. The van der Waals surface area contributed by atoms with Gasteiger partial charge in [-0.3, -0.25) is 0 Å². The molecule has 0 aliphatic rings. The Morgan fingerprint density at radius 3 is 2.38 bits per heavy atom. The minimum absolute atomic E-state index is 0.0534. The van der Waals surface area contributed by atoms with Crippen molar-refractivity contribution in [3.05, 3.63) is 0 Å². The van der Waals surface area contributed by atoms with Gasteiger partial charge < -0.3 is 4.74 Å². The molecular weight excluding hydrogens is 181 g/mol. The summed E-state index contributed by atoms with van der Waals surface area (Å²) in [5.41, 5.74) is 0. The Labute approximate surface area is 77.3 Å². The van der Waals surface area contributed by atoms with Crippen molar-refractivity contribution in [2.24, 2.45) is 0 Å². The first-order valence-electron chi connectivity index (χ1n) is 4.64. The van der Waals surface area contributed by atoms with Crippen LogP contribution in [0.15, 0.2) is 0 Å². The van der Waals surface area contributed by atoms with Gasteiger partial charge in [-0.15, -0.1) is 0 Å². The summed E-state index contributed by atoms with van der Waals surface area (Å²) in [5, 5.41) is 0. The number of rotatable bonds is 6. The number of halogens is 3. The maximum atomic E-state index is 11.7. The predicted octanol–water partition coefficient (Wildman–Crippen LogP) is 3.53. The summed E-state index contributed by atoms with van der Waals surface area (Å²) in [5.74, 6) is 0. The van der Waals surface area contributed by atoms with Gasteiger partial charge in [0.2, 0.25) is 0 Å². The molecular formula is C9H17F3O. The fourth-order valence-electron chi connectivity index (χ4n) is 0.951. The van der Waals surface area contributed by atoms with Gasteiger partial charge in [0.25, 0.3) is 0 Å². The molecule has 0 amide bonds. The minimum atomic E-state index is -4.09. The molecule has 0 saturated heterocycles. The molecule has 0 fully saturated rings. The van der Waals surface area contributed by atoms with E-state index in [-0.39, 0.29) is 12.7 Å². The Balaban J connectivity index is 3.31. The topological polar surface area (TPSA) is 9.23 Å². The van der Waals surface area contributed by atoms with E-state index in [9.17, 15) is 13.2 Å². The van der Waals surface area contributed by atoms with Gasteiger partial charge in [0.05, 0.1) is 19.1 Å². The molecule has 13 heavy (non-hydrogen) atoms. The molecule has 0 aromatic heterocycles. The molecule has 0 aliphatic carbocycles. The Morgan fingerprint density at radius 2 is 1.92 bits per heavy atom. The summed E-state index contributed by atoms with van der Waals surface area (Å²) in [6.07, 6.45) is -2.09. The third-order valence-corrected chi connectivity index (χ3v) is 1.75. The Morgan fingerprint density at radius 1 is 1.31 bits per heavy atom. The van der Waals surface area contributed by atoms with Crippen LogP contribution in [0.5, 0.6) is 0 Å². The molecule has 4 heteroatoms. The van der Waals surface area contributed by atoms with Crippen LogP contribution in [0, 0.1) is 0 Å². The standard InChI is InChI=1S/C9H17F3O/c1-3-4-5-8(2)13-7-6-9(10,11)12/h8H,3-7H2,1-2H3/t8-/m0/s1. The van der Waals surface area contributed by atoms with Crippen LogP contribution in [-0.2, 0) is 4.74 Å². The van der Waals surface area contributed by atoms with Crippen LogP contribution >= 0.6 is 0 Å². The van der Waals surface area contributed by atoms with Crippen molar-refractivity contribution in [3.8, 4) is 0 Å². The number of hydrogen-bond acceptors (Lipinski definition) is 1. The Kier molecular flexibility index (Phi) is 6.12. The summed E-state index contributed by atoms with van der Waals surface area (Å²) >= 11 is 0. The second-order valence-electron chi connectivity index (χ2n) is 3.19. The van der Waals surface area contributed by atoms with E-state index in [0.29, 0.717) is 0 Å². The van der Waals surface area contributed by atoms with Crippen LogP contribution in [0.1, 0.15) is 39.5 Å². The quantitative estimate of drug-likeness (QED) is 0.634. The second kappa shape index (κ2) is 6.24. The highest BCUT2D eigenvalue weighted by Crippen LogP contribution is 2.19. The minimum Gasteiger partial charge on any atom is -0.378 e. The molecule has 0 N–H and O–H groups in total. The fraction of sp³-hybridized carbons (Fsp3) is 1.00. The predicted molar refractivity (Wildman–Crippen MR) is 45.6 cm³/mol. The smallest absolute Gasteiger partial charge is 0.378 e. The molecule has 0 unspecified atom stereocenters. The van der Waals surface area contributed by atoms with E-state index in [1.54, 1.807) is 0 Å². The van der Waals surface area contributed by atoms with Crippen LogP contribution in [0.3, 0.4) is 0 Å². The third kappa shape index (κ3) is 9.67. The SMILES string of the molecule is CCCC[C@H](C)OCCC(F)(F)F. The van der Waals surface area contributed by atoms with Gasteiger partial charge in [-0.25, -0.2) is 0 Å². The molecule has 0 heterocycles. The molecule has 0 aromatic rings. The fourth-order valence-corrected chi connectivity index (χ4v) is 0.951. The van der Waals surface area contributed by atoms with Crippen molar-refractivity contribution in [1.82, 2.24) is 0 Å². The van der Waals surface area contributed by atoms with E-state index in [1.807, 2.05) is 13.8 Å². The first-order valence-corrected chi connectivity index (χ1v) is 4.64.